The number of dihydropyridines is 1. The molecule has 1 amide bonds. The van der Waals surface area contributed by atoms with Crippen LogP contribution >= 0.6 is 11.6 Å². The van der Waals surface area contributed by atoms with Gasteiger partial charge in [0.1, 0.15) is 17.2 Å². The largest absolute Gasteiger partial charge is 0.466 e. The summed E-state index contributed by atoms with van der Waals surface area (Å²) in [6, 6.07) is 5.46. The van der Waals surface area contributed by atoms with Crippen molar-refractivity contribution in [1.82, 2.24) is 10.6 Å². The molecule has 0 bridgehead atoms. The molecule has 39 heavy (non-hydrogen) atoms. The molecule has 2 N–H and O–H groups in total. The number of hydrogen-bond donors (Lipinski definition) is 2. The molecular formula is C29H39ClN2O7. The van der Waals surface area contributed by atoms with Crippen LogP contribution in [0.4, 0.5) is 0 Å². The van der Waals surface area contributed by atoms with Gasteiger partial charge in [-0.15, -0.1) is 0 Å². The third-order valence-corrected chi connectivity index (χ3v) is 6.20. The molecular weight excluding hydrogens is 524 g/mol. The number of hydrogen-bond acceptors (Lipinski definition) is 8. The SMILES string of the molecule is COC(=O)C1=C(C)NC(C)=C(C(=O)NC(C(=O)OC(C)(C)C)C(C)C(=O)OC(C)(C)C)C1c1ccccc1Cl. The summed E-state index contributed by atoms with van der Waals surface area (Å²) in [5.74, 6) is -4.82. The molecule has 3 atom stereocenters. The average Bonchev–Trinajstić information content (AvgIpc) is 2.79. The van der Waals surface area contributed by atoms with Crippen molar-refractivity contribution in [3.8, 4) is 0 Å². The number of nitrogens with one attached hydrogen (secondary N) is 2. The Morgan fingerprint density at radius 3 is 1.92 bits per heavy atom. The summed E-state index contributed by atoms with van der Waals surface area (Å²) in [7, 11) is 1.25. The van der Waals surface area contributed by atoms with E-state index in [0.29, 0.717) is 22.0 Å². The molecule has 0 saturated carbocycles. The Labute approximate surface area is 235 Å². The Balaban J connectivity index is 2.61. The van der Waals surface area contributed by atoms with E-state index in [2.05, 4.69) is 10.6 Å². The van der Waals surface area contributed by atoms with Crippen LogP contribution in [0.5, 0.6) is 0 Å². The van der Waals surface area contributed by atoms with Gasteiger partial charge in [-0.05, 0) is 73.9 Å². The maximum absolute atomic E-state index is 14.0. The third-order valence-electron chi connectivity index (χ3n) is 5.85. The minimum absolute atomic E-state index is 0.138. The van der Waals surface area contributed by atoms with Crippen molar-refractivity contribution in [2.45, 2.75) is 85.5 Å². The van der Waals surface area contributed by atoms with E-state index in [1.807, 2.05) is 0 Å². The van der Waals surface area contributed by atoms with Crippen molar-refractivity contribution in [3.05, 3.63) is 57.4 Å². The summed E-state index contributed by atoms with van der Waals surface area (Å²) < 4.78 is 16.1. The molecule has 0 fully saturated rings. The highest BCUT2D eigenvalue weighted by atomic mass is 35.5. The molecule has 10 heteroatoms. The second kappa shape index (κ2) is 12.2. The number of carbonyl (C=O) groups is 4. The number of esters is 3. The summed E-state index contributed by atoms with van der Waals surface area (Å²) in [5, 5.41) is 6.09. The molecule has 1 aromatic carbocycles. The second-order valence-electron chi connectivity index (χ2n) is 11.5. The second-order valence-corrected chi connectivity index (χ2v) is 11.9. The quantitative estimate of drug-likeness (QED) is 0.367. The van der Waals surface area contributed by atoms with Gasteiger partial charge in [-0.3, -0.25) is 9.59 Å². The molecule has 0 aromatic heterocycles. The first-order chi connectivity index (χ1) is 17.9. The molecule has 3 unspecified atom stereocenters. The lowest BCUT2D eigenvalue weighted by Crippen LogP contribution is -2.52. The van der Waals surface area contributed by atoms with Crippen LogP contribution < -0.4 is 10.6 Å². The number of methoxy groups -OCH3 is 1. The fourth-order valence-corrected chi connectivity index (χ4v) is 4.44. The maximum atomic E-state index is 14.0. The fourth-order valence-electron chi connectivity index (χ4n) is 4.20. The molecule has 0 saturated heterocycles. The molecule has 1 aliphatic heterocycles. The van der Waals surface area contributed by atoms with Crippen molar-refractivity contribution < 1.29 is 33.4 Å². The number of rotatable bonds is 7. The van der Waals surface area contributed by atoms with Crippen LogP contribution in [0.25, 0.3) is 0 Å². The Hall–Kier alpha value is -3.33. The van der Waals surface area contributed by atoms with Crippen LogP contribution in [0.1, 0.15) is 73.8 Å². The van der Waals surface area contributed by atoms with Gasteiger partial charge in [-0.25, -0.2) is 9.59 Å². The highest BCUT2D eigenvalue weighted by molar-refractivity contribution is 6.31. The highest BCUT2D eigenvalue weighted by Gasteiger charge is 2.42. The van der Waals surface area contributed by atoms with Crippen LogP contribution in [0.3, 0.4) is 0 Å². The zero-order valence-electron chi connectivity index (χ0n) is 24.3. The van der Waals surface area contributed by atoms with Crippen molar-refractivity contribution in [3.63, 3.8) is 0 Å². The van der Waals surface area contributed by atoms with Gasteiger partial charge in [0.15, 0.2) is 0 Å². The zero-order chi connectivity index (χ0) is 29.9. The lowest BCUT2D eigenvalue weighted by atomic mass is 9.79. The van der Waals surface area contributed by atoms with Crippen LogP contribution in [0.15, 0.2) is 46.8 Å². The van der Waals surface area contributed by atoms with Crippen LogP contribution in [-0.4, -0.2) is 48.2 Å². The van der Waals surface area contributed by atoms with Gasteiger partial charge in [0.2, 0.25) is 0 Å². The van der Waals surface area contributed by atoms with Crippen molar-refractivity contribution in [2.75, 3.05) is 7.11 Å². The zero-order valence-corrected chi connectivity index (χ0v) is 25.0. The van der Waals surface area contributed by atoms with E-state index in [1.165, 1.54) is 14.0 Å². The van der Waals surface area contributed by atoms with E-state index < -0.39 is 52.9 Å². The minimum Gasteiger partial charge on any atom is -0.466 e. The molecule has 9 nitrogen and oxygen atoms in total. The summed E-state index contributed by atoms with van der Waals surface area (Å²) in [6.07, 6.45) is 0. The first-order valence-electron chi connectivity index (χ1n) is 12.7. The summed E-state index contributed by atoms with van der Waals surface area (Å²) >= 11 is 6.53. The van der Waals surface area contributed by atoms with Crippen LogP contribution in [0, 0.1) is 5.92 Å². The van der Waals surface area contributed by atoms with Gasteiger partial charge in [0.25, 0.3) is 5.91 Å². The average molecular weight is 563 g/mol. The van der Waals surface area contributed by atoms with E-state index in [0.717, 1.165) is 0 Å². The Kier molecular flexibility index (Phi) is 10.0. The van der Waals surface area contributed by atoms with E-state index in [9.17, 15) is 19.2 Å². The minimum atomic E-state index is -1.38. The molecule has 0 radical (unpaired) electrons. The lowest BCUT2D eigenvalue weighted by Gasteiger charge is -2.33. The van der Waals surface area contributed by atoms with Gasteiger partial charge in [0, 0.05) is 22.0 Å². The molecule has 2 rings (SSSR count). The van der Waals surface area contributed by atoms with Gasteiger partial charge >= 0.3 is 17.9 Å². The van der Waals surface area contributed by atoms with Crippen LogP contribution in [0.2, 0.25) is 5.02 Å². The molecule has 214 valence electrons. The van der Waals surface area contributed by atoms with Crippen LogP contribution in [-0.2, 0) is 33.4 Å². The molecule has 1 aliphatic rings. The first kappa shape index (κ1) is 31.9. The van der Waals surface area contributed by atoms with E-state index in [4.69, 9.17) is 25.8 Å². The smallest absolute Gasteiger partial charge is 0.336 e. The first-order valence-corrected chi connectivity index (χ1v) is 13.0. The fraction of sp³-hybridized carbons (Fsp3) is 0.517. The number of ether oxygens (including phenoxy) is 3. The van der Waals surface area contributed by atoms with Crippen molar-refractivity contribution in [2.24, 2.45) is 5.92 Å². The molecule has 1 aromatic rings. The summed E-state index contributed by atoms with van der Waals surface area (Å²) in [6.45, 7) is 15.0. The van der Waals surface area contributed by atoms with E-state index >= 15 is 0 Å². The predicted molar refractivity (Wildman–Crippen MR) is 148 cm³/mol. The highest BCUT2D eigenvalue weighted by Crippen LogP contribution is 2.41. The number of carbonyl (C=O) groups excluding carboxylic acids is 4. The normalized spacial score (nSPS) is 17.6. The molecule has 0 aliphatic carbocycles. The maximum Gasteiger partial charge on any atom is 0.336 e. The third kappa shape index (κ3) is 8.08. The van der Waals surface area contributed by atoms with Gasteiger partial charge < -0.3 is 24.8 Å². The number of amides is 1. The predicted octanol–water partition coefficient (Wildman–Crippen LogP) is 4.55. The topological polar surface area (TPSA) is 120 Å². The lowest BCUT2D eigenvalue weighted by molar-refractivity contribution is -0.169. The van der Waals surface area contributed by atoms with Crippen molar-refractivity contribution >= 4 is 35.4 Å². The Morgan fingerprint density at radius 2 is 1.41 bits per heavy atom. The number of allylic oxidation sites excluding steroid dienone is 2. The number of halogens is 1. The van der Waals surface area contributed by atoms with Crippen molar-refractivity contribution in [1.29, 1.82) is 0 Å². The van der Waals surface area contributed by atoms with Gasteiger partial charge in [0.05, 0.1) is 24.5 Å². The molecule has 1 heterocycles. The Bertz CT molecular complexity index is 1200. The Morgan fingerprint density at radius 1 is 0.897 bits per heavy atom. The van der Waals surface area contributed by atoms with Gasteiger partial charge in [-0.2, -0.15) is 0 Å². The number of benzene rings is 1. The standard InChI is InChI=1S/C29H39ClN2O7/c1-15(25(34)38-28(4,5)6)23(27(36)39-29(7,8)9)32-24(33)20-16(2)31-17(3)21(26(35)37-10)22(20)18-13-11-12-14-19(18)30/h11-15,22-23,31H,1-10H3,(H,32,33). The summed E-state index contributed by atoms with van der Waals surface area (Å²) in [4.78, 5) is 53.1. The van der Waals surface area contributed by atoms with Gasteiger partial charge in [-0.1, -0.05) is 29.8 Å². The monoisotopic (exact) mass is 562 g/mol. The molecule has 0 spiro atoms. The van der Waals surface area contributed by atoms with E-state index in [1.54, 1.807) is 79.7 Å². The summed E-state index contributed by atoms with van der Waals surface area (Å²) in [5.41, 5.74) is 0.0656. The van der Waals surface area contributed by atoms with E-state index in [-0.39, 0.29) is 11.1 Å².